The molecule has 4 heteroatoms. The van der Waals surface area contributed by atoms with E-state index in [0.717, 1.165) is 51.7 Å². The SMILES string of the molecule is C=C[SiH](OCC)C1(CCCCC[O])CCCCO1. The molecule has 3 nitrogen and oxygen atoms in total. The lowest BCUT2D eigenvalue weighted by atomic mass is 10.0. The Morgan fingerprint density at radius 1 is 1.39 bits per heavy atom. The van der Waals surface area contributed by atoms with E-state index in [2.05, 4.69) is 6.58 Å². The first-order valence-corrected chi connectivity index (χ1v) is 8.97. The van der Waals surface area contributed by atoms with Gasteiger partial charge in [-0.2, -0.15) is 0 Å². The maximum absolute atomic E-state index is 10.5. The topological polar surface area (TPSA) is 38.4 Å². The van der Waals surface area contributed by atoms with Crippen molar-refractivity contribution in [3.05, 3.63) is 12.3 Å². The third-order valence-electron chi connectivity index (χ3n) is 3.71. The predicted octanol–water partition coefficient (Wildman–Crippen LogP) is 2.94. The fourth-order valence-corrected chi connectivity index (χ4v) is 5.24. The molecule has 0 amide bonds. The van der Waals surface area contributed by atoms with Gasteiger partial charge in [0.2, 0.25) is 9.04 Å². The van der Waals surface area contributed by atoms with Gasteiger partial charge in [-0.3, -0.25) is 0 Å². The van der Waals surface area contributed by atoms with Gasteiger partial charge in [-0.25, -0.2) is 5.11 Å². The van der Waals surface area contributed by atoms with Gasteiger partial charge in [0, 0.05) is 13.2 Å². The molecule has 18 heavy (non-hydrogen) atoms. The summed E-state index contributed by atoms with van der Waals surface area (Å²) in [6.07, 6.45) is 7.40. The standard InChI is InChI=1S/C14H27O3Si/c1-3-17-18(4-2)14(10-6-5-8-12-15)11-7-9-13-16-14/h4,18H,2-3,5-13H2,1H3. The monoisotopic (exact) mass is 271 g/mol. The van der Waals surface area contributed by atoms with Gasteiger partial charge in [-0.05, 0) is 39.0 Å². The highest BCUT2D eigenvalue weighted by atomic mass is 28.3. The lowest BCUT2D eigenvalue weighted by Crippen LogP contribution is -2.51. The van der Waals surface area contributed by atoms with Crippen LogP contribution in [-0.4, -0.2) is 34.1 Å². The van der Waals surface area contributed by atoms with Crippen molar-refractivity contribution < 1.29 is 14.3 Å². The minimum absolute atomic E-state index is 0.0433. The second-order valence-corrected chi connectivity index (χ2v) is 7.69. The summed E-state index contributed by atoms with van der Waals surface area (Å²) >= 11 is 0. The van der Waals surface area contributed by atoms with E-state index in [-0.39, 0.29) is 11.8 Å². The minimum atomic E-state index is -1.52. The summed E-state index contributed by atoms with van der Waals surface area (Å²) in [5, 5.41) is 10.4. The normalized spacial score (nSPS) is 25.9. The van der Waals surface area contributed by atoms with E-state index in [4.69, 9.17) is 9.16 Å². The molecule has 1 saturated heterocycles. The lowest BCUT2D eigenvalue weighted by molar-refractivity contribution is -0.0393. The van der Waals surface area contributed by atoms with Crippen molar-refractivity contribution in [3.8, 4) is 0 Å². The molecular weight excluding hydrogens is 244 g/mol. The van der Waals surface area contributed by atoms with Crippen molar-refractivity contribution in [2.24, 2.45) is 0 Å². The van der Waals surface area contributed by atoms with E-state index >= 15 is 0 Å². The Kier molecular flexibility index (Phi) is 7.82. The van der Waals surface area contributed by atoms with Crippen LogP contribution >= 0.6 is 0 Å². The third kappa shape index (κ3) is 4.50. The Morgan fingerprint density at radius 3 is 2.78 bits per heavy atom. The van der Waals surface area contributed by atoms with Crippen LogP contribution in [-0.2, 0) is 14.3 Å². The molecule has 2 atom stereocenters. The Morgan fingerprint density at radius 2 is 2.22 bits per heavy atom. The third-order valence-corrected chi connectivity index (χ3v) is 6.61. The molecule has 0 aromatic heterocycles. The second-order valence-electron chi connectivity index (χ2n) is 5.00. The Bertz CT molecular complexity index is 227. The molecule has 0 aromatic carbocycles. The molecule has 1 aliphatic rings. The van der Waals surface area contributed by atoms with E-state index in [0.29, 0.717) is 0 Å². The second kappa shape index (κ2) is 8.86. The summed E-state index contributed by atoms with van der Waals surface area (Å²) in [7, 11) is -1.52. The van der Waals surface area contributed by atoms with Gasteiger partial charge < -0.3 is 9.16 Å². The fourth-order valence-electron chi connectivity index (χ4n) is 2.76. The zero-order valence-corrected chi connectivity index (χ0v) is 12.8. The average molecular weight is 271 g/mol. The molecule has 1 fully saturated rings. The average Bonchev–Trinajstić information content (AvgIpc) is 2.42. The minimum Gasteiger partial charge on any atom is -0.413 e. The van der Waals surface area contributed by atoms with Gasteiger partial charge in [0.1, 0.15) is 0 Å². The largest absolute Gasteiger partial charge is 0.413 e. The summed E-state index contributed by atoms with van der Waals surface area (Å²) in [6, 6.07) is 0. The molecule has 0 saturated carbocycles. The summed E-state index contributed by atoms with van der Waals surface area (Å²) in [6.45, 7) is 7.63. The Balaban J connectivity index is 2.58. The van der Waals surface area contributed by atoms with Crippen LogP contribution in [0.25, 0.3) is 0 Å². The van der Waals surface area contributed by atoms with Crippen molar-refractivity contribution in [1.82, 2.24) is 0 Å². The smallest absolute Gasteiger partial charge is 0.231 e. The van der Waals surface area contributed by atoms with Crippen LogP contribution in [0.2, 0.25) is 0 Å². The first-order valence-electron chi connectivity index (χ1n) is 7.25. The molecule has 1 rings (SSSR count). The van der Waals surface area contributed by atoms with Crippen LogP contribution in [0, 0.1) is 0 Å². The molecule has 2 unspecified atom stereocenters. The molecule has 0 spiro atoms. The first-order chi connectivity index (χ1) is 8.79. The molecule has 1 heterocycles. The summed E-state index contributed by atoms with van der Waals surface area (Å²) in [5.41, 5.74) is 2.02. The van der Waals surface area contributed by atoms with Crippen LogP contribution in [0.4, 0.5) is 0 Å². The zero-order valence-electron chi connectivity index (χ0n) is 11.7. The van der Waals surface area contributed by atoms with Gasteiger partial charge in [0.15, 0.2) is 0 Å². The molecule has 0 N–H and O–H groups in total. The number of hydrogen-bond donors (Lipinski definition) is 0. The van der Waals surface area contributed by atoms with Crippen molar-refractivity contribution in [1.29, 1.82) is 0 Å². The van der Waals surface area contributed by atoms with Crippen molar-refractivity contribution in [2.45, 2.75) is 57.1 Å². The van der Waals surface area contributed by atoms with E-state index in [1.807, 2.05) is 12.6 Å². The number of unbranched alkanes of at least 4 members (excludes halogenated alkanes) is 2. The maximum Gasteiger partial charge on any atom is 0.231 e. The van der Waals surface area contributed by atoms with Crippen LogP contribution in [0.1, 0.15) is 51.9 Å². The maximum atomic E-state index is 10.5. The highest BCUT2D eigenvalue weighted by molar-refractivity contribution is 6.60. The van der Waals surface area contributed by atoms with E-state index in [9.17, 15) is 5.11 Å². The predicted molar refractivity (Wildman–Crippen MR) is 75.5 cm³/mol. The summed E-state index contributed by atoms with van der Waals surface area (Å²) < 4.78 is 12.1. The quantitative estimate of drug-likeness (QED) is 0.478. The number of hydrogen-bond acceptors (Lipinski definition) is 2. The molecular formula is C14H27O3Si. The summed E-state index contributed by atoms with van der Waals surface area (Å²) in [5.74, 6) is 0. The molecule has 105 valence electrons. The van der Waals surface area contributed by atoms with E-state index < -0.39 is 9.04 Å². The van der Waals surface area contributed by atoms with E-state index in [1.54, 1.807) is 0 Å². The highest BCUT2D eigenvalue weighted by Gasteiger charge is 2.41. The van der Waals surface area contributed by atoms with Crippen molar-refractivity contribution in [3.63, 3.8) is 0 Å². The van der Waals surface area contributed by atoms with Gasteiger partial charge in [-0.1, -0.05) is 18.5 Å². The molecule has 1 radical (unpaired) electrons. The van der Waals surface area contributed by atoms with Crippen molar-refractivity contribution >= 4 is 9.04 Å². The van der Waals surface area contributed by atoms with E-state index in [1.165, 1.54) is 6.42 Å². The Labute approximate surface area is 113 Å². The van der Waals surface area contributed by atoms with Gasteiger partial charge in [0.05, 0.1) is 11.8 Å². The zero-order chi connectivity index (χ0) is 13.3. The first kappa shape index (κ1) is 15.9. The van der Waals surface area contributed by atoms with Crippen LogP contribution < -0.4 is 0 Å². The molecule has 0 aliphatic carbocycles. The van der Waals surface area contributed by atoms with Gasteiger partial charge >= 0.3 is 0 Å². The lowest BCUT2D eigenvalue weighted by Gasteiger charge is -2.41. The highest BCUT2D eigenvalue weighted by Crippen LogP contribution is 2.33. The van der Waals surface area contributed by atoms with Crippen LogP contribution in [0.5, 0.6) is 0 Å². The van der Waals surface area contributed by atoms with Crippen LogP contribution in [0.3, 0.4) is 0 Å². The van der Waals surface area contributed by atoms with Crippen molar-refractivity contribution in [2.75, 3.05) is 19.8 Å². The van der Waals surface area contributed by atoms with Gasteiger partial charge in [-0.15, -0.1) is 6.58 Å². The molecule has 1 aliphatic heterocycles. The molecule has 0 aromatic rings. The Hall–Kier alpha value is -0.163. The summed E-state index contributed by atoms with van der Waals surface area (Å²) in [4.78, 5) is 0. The fraction of sp³-hybridized carbons (Fsp3) is 0.857. The number of rotatable bonds is 9. The number of ether oxygens (including phenoxy) is 1. The van der Waals surface area contributed by atoms with Gasteiger partial charge in [0.25, 0.3) is 0 Å². The molecule has 0 bridgehead atoms. The van der Waals surface area contributed by atoms with Crippen LogP contribution in [0.15, 0.2) is 12.3 Å².